The smallest absolute Gasteiger partial charge is 0.263 e. The third-order valence-corrected chi connectivity index (χ3v) is 9.61. The average Bonchev–Trinajstić information content (AvgIpc) is 3.35. The fraction of sp³-hybridized carbons (Fsp3) is 0.632. The van der Waals surface area contributed by atoms with Crippen LogP contribution in [-0.2, 0) is 34.0 Å². The van der Waals surface area contributed by atoms with Gasteiger partial charge in [-0.2, -0.15) is 0 Å². The highest BCUT2D eigenvalue weighted by atomic mass is 32.2. The summed E-state index contributed by atoms with van der Waals surface area (Å²) in [6.07, 6.45) is 4.35. The SMILES string of the molecule is CCCn1c(SCC(=O)N(C)[C@@H]2CCS(=O)(=O)C2)nc2sc3c(c2c1=O)CCC3. The molecule has 0 N–H and O–H groups in total. The van der Waals surface area contributed by atoms with Gasteiger partial charge < -0.3 is 4.90 Å². The van der Waals surface area contributed by atoms with E-state index in [4.69, 9.17) is 4.98 Å². The molecule has 1 fully saturated rings. The number of carbonyl (C=O) groups is 1. The van der Waals surface area contributed by atoms with E-state index in [0.717, 1.165) is 35.9 Å². The van der Waals surface area contributed by atoms with Crippen LogP contribution in [0.3, 0.4) is 0 Å². The molecule has 2 aromatic heterocycles. The highest BCUT2D eigenvalue weighted by Crippen LogP contribution is 2.35. The Morgan fingerprint density at radius 3 is 2.86 bits per heavy atom. The van der Waals surface area contributed by atoms with E-state index in [1.165, 1.54) is 27.1 Å². The molecule has 1 amide bonds. The first-order chi connectivity index (χ1) is 13.8. The quantitative estimate of drug-likeness (QED) is 0.490. The monoisotopic (exact) mass is 455 g/mol. The number of thiophene rings is 1. The number of hydrogen-bond donors (Lipinski definition) is 0. The summed E-state index contributed by atoms with van der Waals surface area (Å²) in [5, 5.41) is 1.34. The molecule has 1 saturated heterocycles. The lowest BCUT2D eigenvalue weighted by Gasteiger charge is -2.23. The second kappa shape index (κ2) is 8.03. The highest BCUT2D eigenvalue weighted by Gasteiger charge is 2.33. The number of amides is 1. The first-order valence-electron chi connectivity index (χ1n) is 9.94. The van der Waals surface area contributed by atoms with E-state index in [1.54, 1.807) is 23.0 Å². The van der Waals surface area contributed by atoms with Gasteiger partial charge in [0.15, 0.2) is 15.0 Å². The third-order valence-electron chi connectivity index (χ3n) is 5.71. The Hall–Kier alpha value is -1.39. The molecule has 0 bridgehead atoms. The molecule has 4 rings (SSSR count). The maximum absolute atomic E-state index is 13.2. The van der Waals surface area contributed by atoms with Crippen LogP contribution in [0.25, 0.3) is 10.2 Å². The third kappa shape index (κ3) is 3.98. The summed E-state index contributed by atoms with van der Waals surface area (Å²) in [6.45, 7) is 2.59. The van der Waals surface area contributed by atoms with Gasteiger partial charge in [0.25, 0.3) is 5.56 Å². The van der Waals surface area contributed by atoms with Gasteiger partial charge in [-0.05, 0) is 37.7 Å². The lowest BCUT2D eigenvalue weighted by molar-refractivity contribution is -0.128. The zero-order valence-electron chi connectivity index (χ0n) is 16.6. The minimum Gasteiger partial charge on any atom is -0.341 e. The lowest BCUT2D eigenvalue weighted by atomic mass is 10.2. The van der Waals surface area contributed by atoms with Crippen LogP contribution >= 0.6 is 23.1 Å². The van der Waals surface area contributed by atoms with Gasteiger partial charge in [0, 0.05) is 24.5 Å². The summed E-state index contributed by atoms with van der Waals surface area (Å²) in [7, 11) is -1.38. The van der Waals surface area contributed by atoms with E-state index in [1.807, 2.05) is 6.92 Å². The van der Waals surface area contributed by atoms with Gasteiger partial charge >= 0.3 is 0 Å². The van der Waals surface area contributed by atoms with Crippen LogP contribution in [0.2, 0.25) is 0 Å². The summed E-state index contributed by atoms with van der Waals surface area (Å²) in [6, 6.07) is -0.262. The number of aryl methyl sites for hydroxylation is 2. The predicted octanol–water partition coefficient (Wildman–Crippen LogP) is 2.09. The van der Waals surface area contributed by atoms with E-state index in [2.05, 4.69) is 0 Å². The number of fused-ring (bicyclic) bond motifs is 3. The molecule has 1 aliphatic carbocycles. The maximum Gasteiger partial charge on any atom is 0.263 e. The minimum atomic E-state index is -3.04. The molecule has 2 aromatic rings. The molecule has 29 heavy (non-hydrogen) atoms. The Morgan fingerprint density at radius 1 is 1.38 bits per heavy atom. The van der Waals surface area contributed by atoms with E-state index in [0.29, 0.717) is 18.1 Å². The number of aromatic nitrogens is 2. The molecule has 1 atom stereocenters. The Labute approximate surface area is 178 Å². The van der Waals surface area contributed by atoms with Crippen LogP contribution in [0.15, 0.2) is 9.95 Å². The van der Waals surface area contributed by atoms with Crippen molar-refractivity contribution in [1.82, 2.24) is 14.5 Å². The Balaban J connectivity index is 1.56. The molecule has 0 saturated carbocycles. The van der Waals surface area contributed by atoms with E-state index in [-0.39, 0.29) is 34.8 Å². The van der Waals surface area contributed by atoms with Gasteiger partial charge in [0.05, 0.1) is 22.6 Å². The molecular weight excluding hydrogens is 430 g/mol. The molecule has 158 valence electrons. The van der Waals surface area contributed by atoms with Crippen molar-refractivity contribution in [2.45, 2.75) is 56.8 Å². The number of carbonyl (C=O) groups excluding carboxylic acids is 1. The zero-order valence-corrected chi connectivity index (χ0v) is 19.1. The lowest BCUT2D eigenvalue weighted by Crippen LogP contribution is -2.39. The van der Waals surface area contributed by atoms with Crippen LogP contribution in [0.5, 0.6) is 0 Å². The van der Waals surface area contributed by atoms with Crippen molar-refractivity contribution in [2.24, 2.45) is 0 Å². The second-order valence-electron chi connectivity index (χ2n) is 7.74. The molecule has 1 aliphatic heterocycles. The molecule has 0 aromatic carbocycles. The van der Waals surface area contributed by atoms with Crippen molar-refractivity contribution in [1.29, 1.82) is 0 Å². The van der Waals surface area contributed by atoms with Crippen molar-refractivity contribution in [2.75, 3.05) is 24.3 Å². The number of rotatable bonds is 6. The van der Waals surface area contributed by atoms with Crippen molar-refractivity contribution in [3.8, 4) is 0 Å². The molecule has 0 radical (unpaired) electrons. The number of nitrogens with zero attached hydrogens (tertiary/aromatic N) is 3. The first-order valence-corrected chi connectivity index (χ1v) is 13.6. The van der Waals surface area contributed by atoms with Gasteiger partial charge in [-0.25, -0.2) is 13.4 Å². The van der Waals surface area contributed by atoms with Crippen LogP contribution in [0.4, 0.5) is 0 Å². The summed E-state index contributed by atoms with van der Waals surface area (Å²) >= 11 is 2.87. The fourth-order valence-electron chi connectivity index (χ4n) is 4.10. The van der Waals surface area contributed by atoms with Gasteiger partial charge in [0.2, 0.25) is 5.91 Å². The van der Waals surface area contributed by atoms with Crippen molar-refractivity contribution < 1.29 is 13.2 Å². The molecule has 7 nitrogen and oxygen atoms in total. The normalized spacial score (nSPS) is 20.3. The topological polar surface area (TPSA) is 89.3 Å². The summed E-state index contributed by atoms with van der Waals surface area (Å²) in [5.74, 6) is 0.175. The van der Waals surface area contributed by atoms with Crippen molar-refractivity contribution >= 4 is 49.1 Å². The molecular formula is C19H25N3O4S3. The molecule has 10 heteroatoms. The molecule has 0 spiro atoms. The van der Waals surface area contributed by atoms with Crippen LogP contribution < -0.4 is 5.56 Å². The summed E-state index contributed by atoms with van der Waals surface area (Å²) in [5.41, 5.74) is 1.17. The van der Waals surface area contributed by atoms with Crippen molar-refractivity contribution in [3.63, 3.8) is 0 Å². The van der Waals surface area contributed by atoms with Gasteiger partial charge in [-0.3, -0.25) is 14.2 Å². The Kier molecular flexibility index (Phi) is 5.78. The summed E-state index contributed by atoms with van der Waals surface area (Å²) in [4.78, 5) is 34.2. The van der Waals surface area contributed by atoms with Crippen molar-refractivity contribution in [3.05, 3.63) is 20.8 Å². The molecule has 0 unspecified atom stereocenters. The average molecular weight is 456 g/mol. The van der Waals surface area contributed by atoms with Gasteiger partial charge in [-0.1, -0.05) is 18.7 Å². The van der Waals surface area contributed by atoms with Crippen LogP contribution in [0, 0.1) is 0 Å². The highest BCUT2D eigenvalue weighted by molar-refractivity contribution is 7.99. The van der Waals surface area contributed by atoms with Crippen LogP contribution in [0.1, 0.15) is 36.6 Å². The number of thioether (sulfide) groups is 1. The maximum atomic E-state index is 13.2. The fourth-order valence-corrected chi connectivity index (χ4v) is 8.13. The summed E-state index contributed by atoms with van der Waals surface area (Å²) < 4.78 is 25.1. The Morgan fingerprint density at radius 2 is 2.17 bits per heavy atom. The molecule has 3 heterocycles. The van der Waals surface area contributed by atoms with Gasteiger partial charge in [0.1, 0.15) is 4.83 Å². The van der Waals surface area contributed by atoms with E-state index < -0.39 is 9.84 Å². The largest absolute Gasteiger partial charge is 0.341 e. The minimum absolute atomic E-state index is 0.00133. The first kappa shape index (κ1) is 20.9. The number of sulfone groups is 1. The number of hydrogen-bond acceptors (Lipinski definition) is 7. The predicted molar refractivity (Wildman–Crippen MR) is 117 cm³/mol. The molecule has 2 aliphatic rings. The Bertz CT molecular complexity index is 1120. The zero-order chi connectivity index (χ0) is 20.8. The van der Waals surface area contributed by atoms with Gasteiger partial charge in [-0.15, -0.1) is 11.3 Å². The van der Waals surface area contributed by atoms with Crippen LogP contribution in [-0.4, -0.2) is 59.1 Å². The standard InChI is InChI=1S/C19H25N3O4S3/c1-3-8-22-18(24)16-13-5-4-6-14(13)28-17(16)20-19(22)27-10-15(23)21(2)12-7-9-29(25,26)11-12/h12H,3-11H2,1-2H3/t12-/m1/s1. The van der Waals surface area contributed by atoms with E-state index >= 15 is 0 Å². The van der Waals surface area contributed by atoms with E-state index in [9.17, 15) is 18.0 Å². The second-order valence-corrected chi connectivity index (χ2v) is 12.0.